The van der Waals surface area contributed by atoms with Crippen molar-refractivity contribution in [2.45, 2.75) is 39.9 Å². The highest BCUT2D eigenvalue weighted by Crippen LogP contribution is 2.16. The Morgan fingerprint density at radius 3 is 2.86 bits per heavy atom. The fraction of sp³-hybridized carbons (Fsp3) is 0.375. The summed E-state index contributed by atoms with van der Waals surface area (Å²) in [5, 5.41) is 7.26. The Kier molecular flexibility index (Phi) is 4.01. The van der Waals surface area contributed by atoms with Gasteiger partial charge < -0.3 is 14.4 Å². The van der Waals surface area contributed by atoms with Crippen LogP contribution in [0.3, 0.4) is 0 Å². The fourth-order valence-electron chi connectivity index (χ4n) is 2.53. The van der Waals surface area contributed by atoms with Crippen molar-refractivity contribution >= 4 is 11.0 Å². The van der Waals surface area contributed by atoms with Crippen molar-refractivity contribution in [3.63, 3.8) is 0 Å². The second-order valence-corrected chi connectivity index (χ2v) is 5.21. The Morgan fingerprint density at radius 1 is 1.24 bits per heavy atom. The van der Waals surface area contributed by atoms with Crippen molar-refractivity contribution < 1.29 is 4.52 Å². The van der Waals surface area contributed by atoms with Crippen LogP contribution in [0.1, 0.15) is 30.6 Å². The molecule has 0 unspecified atom stereocenters. The minimum atomic E-state index is 0.663. The average Bonchev–Trinajstić information content (AvgIpc) is 3.04. The Bertz CT molecular complexity index is 729. The Balaban J connectivity index is 1.74. The summed E-state index contributed by atoms with van der Waals surface area (Å²) in [6.45, 7) is 6.47. The zero-order valence-corrected chi connectivity index (χ0v) is 12.5. The van der Waals surface area contributed by atoms with Gasteiger partial charge in [-0.1, -0.05) is 24.2 Å². The van der Waals surface area contributed by atoms with Crippen LogP contribution in [-0.2, 0) is 19.6 Å². The lowest BCUT2D eigenvalue weighted by Crippen LogP contribution is -2.16. The maximum Gasteiger partial charge on any atom is 0.150 e. The monoisotopic (exact) mass is 284 g/mol. The molecule has 21 heavy (non-hydrogen) atoms. The fourth-order valence-corrected chi connectivity index (χ4v) is 2.53. The largest absolute Gasteiger partial charge is 0.360 e. The highest BCUT2D eigenvalue weighted by atomic mass is 16.5. The summed E-state index contributed by atoms with van der Waals surface area (Å²) in [5.41, 5.74) is 3.16. The van der Waals surface area contributed by atoms with Crippen molar-refractivity contribution in [1.82, 2.24) is 20.0 Å². The van der Waals surface area contributed by atoms with Gasteiger partial charge in [0.15, 0.2) is 5.76 Å². The molecule has 1 N–H and O–H groups in total. The van der Waals surface area contributed by atoms with Crippen LogP contribution in [0.25, 0.3) is 11.0 Å². The second-order valence-electron chi connectivity index (χ2n) is 5.21. The van der Waals surface area contributed by atoms with E-state index in [1.807, 2.05) is 19.1 Å². The molecule has 110 valence electrons. The van der Waals surface area contributed by atoms with Crippen LogP contribution in [0, 0.1) is 6.92 Å². The number of aryl methyl sites for hydroxylation is 2. The van der Waals surface area contributed by atoms with Gasteiger partial charge in [0.25, 0.3) is 0 Å². The smallest absolute Gasteiger partial charge is 0.150 e. The Labute approximate surface area is 124 Å². The number of hydrogen-bond acceptors (Lipinski definition) is 4. The topological polar surface area (TPSA) is 55.9 Å². The molecule has 0 aliphatic rings. The van der Waals surface area contributed by atoms with Crippen LogP contribution >= 0.6 is 0 Å². The predicted molar refractivity (Wildman–Crippen MR) is 81.8 cm³/mol. The quantitative estimate of drug-likeness (QED) is 0.756. The van der Waals surface area contributed by atoms with Crippen molar-refractivity contribution in [2.24, 2.45) is 0 Å². The third kappa shape index (κ3) is 2.97. The maximum atomic E-state index is 5.20. The lowest BCUT2D eigenvalue weighted by atomic mass is 10.3. The summed E-state index contributed by atoms with van der Waals surface area (Å²) in [7, 11) is 0. The highest BCUT2D eigenvalue weighted by molar-refractivity contribution is 5.75. The zero-order chi connectivity index (χ0) is 14.7. The van der Waals surface area contributed by atoms with Gasteiger partial charge in [-0.05, 0) is 25.5 Å². The minimum Gasteiger partial charge on any atom is -0.360 e. The van der Waals surface area contributed by atoms with Gasteiger partial charge >= 0.3 is 0 Å². The molecule has 2 aromatic heterocycles. The number of imidazole rings is 1. The average molecular weight is 284 g/mol. The number of nitrogens with zero attached hydrogens (tertiary/aromatic N) is 3. The van der Waals surface area contributed by atoms with Crippen LogP contribution in [0.2, 0.25) is 0 Å². The molecule has 0 amide bonds. The van der Waals surface area contributed by atoms with Crippen molar-refractivity contribution in [2.75, 3.05) is 0 Å². The van der Waals surface area contributed by atoms with Gasteiger partial charge in [-0.15, -0.1) is 0 Å². The van der Waals surface area contributed by atoms with Gasteiger partial charge in [0.2, 0.25) is 0 Å². The molecular weight excluding hydrogens is 264 g/mol. The molecule has 0 spiro atoms. The third-order valence-corrected chi connectivity index (χ3v) is 3.44. The molecule has 5 heteroatoms. The normalized spacial score (nSPS) is 11.3. The van der Waals surface area contributed by atoms with E-state index in [-0.39, 0.29) is 0 Å². The van der Waals surface area contributed by atoms with Crippen LogP contribution in [0.5, 0.6) is 0 Å². The van der Waals surface area contributed by atoms with Gasteiger partial charge in [-0.3, -0.25) is 0 Å². The zero-order valence-electron chi connectivity index (χ0n) is 12.5. The van der Waals surface area contributed by atoms with E-state index in [2.05, 4.69) is 40.2 Å². The van der Waals surface area contributed by atoms with Crippen LogP contribution in [0.4, 0.5) is 0 Å². The van der Waals surface area contributed by atoms with E-state index in [0.717, 1.165) is 35.8 Å². The van der Waals surface area contributed by atoms with E-state index in [1.54, 1.807) is 0 Å². The molecule has 1 aromatic carbocycles. The Hall–Kier alpha value is -2.14. The van der Waals surface area contributed by atoms with Gasteiger partial charge in [0.05, 0.1) is 29.8 Å². The van der Waals surface area contributed by atoms with Crippen LogP contribution < -0.4 is 5.32 Å². The first-order chi connectivity index (χ1) is 10.3. The van der Waals surface area contributed by atoms with E-state index in [0.29, 0.717) is 13.1 Å². The molecule has 3 aromatic rings. The molecule has 0 atom stereocenters. The first kappa shape index (κ1) is 13.8. The molecule has 0 aliphatic heterocycles. The third-order valence-electron chi connectivity index (χ3n) is 3.44. The number of para-hydroxylation sites is 2. The summed E-state index contributed by atoms with van der Waals surface area (Å²) in [4.78, 5) is 4.72. The first-order valence-corrected chi connectivity index (χ1v) is 7.35. The number of fused-ring (bicyclic) bond motifs is 1. The molecule has 0 aliphatic carbocycles. The second kappa shape index (κ2) is 6.10. The number of benzene rings is 1. The number of rotatable bonds is 6. The van der Waals surface area contributed by atoms with Gasteiger partial charge in [0, 0.05) is 12.6 Å². The van der Waals surface area contributed by atoms with Crippen molar-refractivity contribution in [1.29, 1.82) is 0 Å². The number of nitrogens with one attached hydrogen (secondary N) is 1. The summed E-state index contributed by atoms with van der Waals surface area (Å²) in [6.07, 6.45) is 1.09. The van der Waals surface area contributed by atoms with Crippen LogP contribution in [0.15, 0.2) is 34.9 Å². The lowest BCUT2D eigenvalue weighted by molar-refractivity contribution is 0.368. The molecule has 0 radical (unpaired) electrons. The van der Waals surface area contributed by atoms with E-state index >= 15 is 0 Å². The van der Waals surface area contributed by atoms with Crippen molar-refractivity contribution in [3.05, 3.63) is 47.6 Å². The van der Waals surface area contributed by atoms with Gasteiger partial charge in [0.1, 0.15) is 5.82 Å². The minimum absolute atomic E-state index is 0.663. The van der Waals surface area contributed by atoms with E-state index in [9.17, 15) is 0 Å². The highest BCUT2D eigenvalue weighted by Gasteiger charge is 2.09. The summed E-state index contributed by atoms with van der Waals surface area (Å²) < 4.78 is 7.48. The molecule has 0 saturated carbocycles. The Morgan fingerprint density at radius 2 is 2.10 bits per heavy atom. The van der Waals surface area contributed by atoms with E-state index < -0.39 is 0 Å². The summed E-state index contributed by atoms with van der Waals surface area (Å²) in [5.74, 6) is 1.92. The molecule has 0 saturated heterocycles. The van der Waals surface area contributed by atoms with E-state index in [4.69, 9.17) is 9.51 Å². The summed E-state index contributed by atoms with van der Waals surface area (Å²) in [6, 6.07) is 10.2. The number of aromatic nitrogens is 3. The molecule has 0 fully saturated rings. The summed E-state index contributed by atoms with van der Waals surface area (Å²) >= 11 is 0. The van der Waals surface area contributed by atoms with Gasteiger partial charge in [-0.25, -0.2) is 4.98 Å². The number of hydrogen-bond donors (Lipinski definition) is 1. The standard InChI is InChI=1S/C16H20N4O/c1-3-8-20-15-7-5-4-6-14(15)18-16(20)11-17-10-13-9-12(2)19-21-13/h4-7,9,17H,3,8,10-11H2,1-2H3. The van der Waals surface area contributed by atoms with E-state index in [1.165, 1.54) is 5.52 Å². The van der Waals surface area contributed by atoms with Gasteiger partial charge in [-0.2, -0.15) is 0 Å². The maximum absolute atomic E-state index is 5.20. The predicted octanol–water partition coefficient (Wildman–Crippen LogP) is 3.03. The van der Waals surface area contributed by atoms with Crippen LogP contribution in [-0.4, -0.2) is 14.7 Å². The molecule has 0 bridgehead atoms. The van der Waals surface area contributed by atoms with Crippen molar-refractivity contribution in [3.8, 4) is 0 Å². The molecule has 2 heterocycles. The SMILES string of the molecule is CCCn1c(CNCc2cc(C)no2)nc2ccccc21. The first-order valence-electron chi connectivity index (χ1n) is 7.35. The molecular formula is C16H20N4O. The molecule has 5 nitrogen and oxygen atoms in total. The lowest BCUT2D eigenvalue weighted by Gasteiger charge is -2.08. The molecule has 3 rings (SSSR count).